The van der Waals surface area contributed by atoms with Crippen LogP contribution in [0.25, 0.3) is 0 Å². The van der Waals surface area contributed by atoms with Gasteiger partial charge in [-0.05, 0) is 78.8 Å². The highest BCUT2D eigenvalue weighted by molar-refractivity contribution is 6.23. The number of benzene rings is 4. The van der Waals surface area contributed by atoms with Crippen LogP contribution >= 0.6 is 0 Å². The van der Waals surface area contributed by atoms with Crippen molar-refractivity contribution < 1.29 is 42.5 Å². The lowest BCUT2D eigenvalue weighted by molar-refractivity contribution is -0.136. The number of nitrogens with zero attached hydrogens (tertiary/aromatic N) is 4. The first kappa shape index (κ1) is 38.5. The summed E-state index contributed by atoms with van der Waals surface area (Å²) in [6, 6.07) is 19.9. The Morgan fingerprint density at radius 3 is 2.24 bits per heavy atom. The summed E-state index contributed by atoms with van der Waals surface area (Å²) < 4.78 is 43.3. The highest BCUT2D eigenvalue weighted by atomic mass is 19.1. The first-order chi connectivity index (χ1) is 28.6. The summed E-state index contributed by atoms with van der Waals surface area (Å²) in [5, 5.41) is 12.3. The lowest BCUT2D eigenvalue weighted by Gasteiger charge is -2.40. The lowest BCUT2D eigenvalue weighted by atomic mass is 9.75. The molecule has 9 rings (SSSR count). The van der Waals surface area contributed by atoms with Crippen LogP contribution in [0.1, 0.15) is 74.9 Å². The number of piperidine rings is 2. The molecule has 4 aromatic rings. The van der Waals surface area contributed by atoms with E-state index in [1.165, 1.54) is 6.07 Å². The van der Waals surface area contributed by atoms with Crippen LogP contribution < -0.4 is 24.6 Å². The molecule has 0 radical (unpaired) electrons. The number of carbonyl (C=O) groups excluding carboxylic acids is 4. The van der Waals surface area contributed by atoms with E-state index in [2.05, 4.69) is 15.1 Å². The fourth-order valence-electron chi connectivity index (χ4n) is 9.56. The van der Waals surface area contributed by atoms with Crippen LogP contribution in [0.3, 0.4) is 0 Å². The molecule has 5 aliphatic heterocycles. The Hall–Kier alpha value is -6.02. The molecule has 0 spiro atoms. The molecule has 5 heterocycles. The summed E-state index contributed by atoms with van der Waals surface area (Å²) in [6.07, 6.45) is 1.84. The van der Waals surface area contributed by atoms with Gasteiger partial charge in [-0.2, -0.15) is 0 Å². The third-order valence-corrected chi connectivity index (χ3v) is 12.7. The van der Waals surface area contributed by atoms with Crippen LogP contribution in [0.2, 0.25) is 0 Å². The molecule has 5 aliphatic rings. The predicted octanol–water partition coefficient (Wildman–Crippen LogP) is 5.43. The third-order valence-electron chi connectivity index (χ3n) is 12.7. The van der Waals surface area contributed by atoms with E-state index in [-0.39, 0.29) is 53.1 Å². The molecular weight excluding hydrogens is 761 g/mol. The fraction of sp³-hybridized carbons (Fsp3) is 0.378. The van der Waals surface area contributed by atoms with Crippen molar-refractivity contribution in [3.05, 3.63) is 112 Å². The first-order valence-electron chi connectivity index (χ1n) is 20.2. The normalized spacial score (nSPS) is 22.6. The van der Waals surface area contributed by atoms with Gasteiger partial charge in [0.15, 0.2) is 0 Å². The topological polar surface area (TPSA) is 132 Å². The molecule has 12 nitrogen and oxygen atoms in total. The van der Waals surface area contributed by atoms with Gasteiger partial charge in [0.25, 0.3) is 11.8 Å². The monoisotopic (exact) mass is 805 g/mol. The standard InChI is InChI=1S/C45H45F2N5O7/c1-58-30-4-2-3-27(19-30)34-25-59-40-21-29(53)6-7-31(40)42(34)28-5-8-37(35(46)20-28)50-13-11-26(12-14-50)24-49-15-17-51(18-16-49)39-23-33-32(22-36(39)47)44(56)52(45(33)57)38-9-10-41(54)48-43(38)55/h2-8,19-23,26,34,38,42,53H,9-18,24-25H2,1H3,(H,48,54,55). The van der Waals surface area contributed by atoms with Gasteiger partial charge in [0.05, 0.1) is 36.2 Å². The largest absolute Gasteiger partial charge is 0.508 e. The van der Waals surface area contributed by atoms with Gasteiger partial charge in [0, 0.05) is 75.7 Å². The number of hydrogen-bond donors (Lipinski definition) is 2. The number of aromatic hydroxyl groups is 1. The minimum absolute atomic E-state index is 0.00796. The summed E-state index contributed by atoms with van der Waals surface area (Å²) in [5.41, 5.74) is 3.54. The maximum Gasteiger partial charge on any atom is 0.262 e. The second-order valence-corrected chi connectivity index (χ2v) is 16.1. The van der Waals surface area contributed by atoms with E-state index in [1.807, 2.05) is 47.4 Å². The minimum Gasteiger partial charge on any atom is -0.508 e. The highest BCUT2D eigenvalue weighted by Gasteiger charge is 2.45. The number of amides is 4. The number of anilines is 2. The Balaban J connectivity index is 0.818. The second kappa shape index (κ2) is 15.6. The molecule has 2 N–H and O–H groups in total. The van der Waals surface area contributed by atoms with E-state index in [1.54, 1.807) is 25.3 Å². The molecule has 59 heavy (non-hydrogen) atoms. The minimum atomic E-state index is -1.11. The van der Waals surface area contributed by atoms with Gasteiger partial charge in [-0.3, -0.25) is 34.3 Å². The number of imide groups is 2. The maximum absolute atomic E-state index is 16.2. The molecule has 0 saturated carbocycles. The molecule has 0 aromatic heterocycles. The Kier molecular flexibility index (Phi) is 10.2. The number of fused-ring (bicyclic) bond motifs is 2. The smallest absolute Gasteiger partial charge is 0.262 e. The fourth-order valence-corrected chi connectivity index (χ4v) is 9.56. The Morgan fingerprint density at radius 2 is 1.51 bits per heavy atom. The predicted molar refractivity (Wildman–Crippen MR) is 214 cm³/mol. The van der Waals surface area contributed by atoms with Gasteiger partial charge in [0.2, 0.25) is 11.8 Å². The number of nitrogens with one attached hydrogen (secondary N) is 1. The number of rotatable bonds is 8. The number of phenols is 1. The van der Waals surface area contributed by atoms with Gasteiger partial charge in [-0.1, -0.05) is 24.3 Å². The summed E-state index contributed by atoms with van der Waals surface area (Å²) >= 11 is 0. The van der Waals surface area contributed by atoms with Crippen LogP contribution in [-0.4, -0.2) is 104 Å². The van der Waals surface area contributed by atoms with Crippen molar-refractivity contribution in [2.45, 2.75) is 43.6 Å². The first-order valence-corrected chi connectivity index (χ1v) is 20.2. The number of piperazine rings is 1. The number of phenolic OH excluding ortho intramolecular Hbond substituents is 1. The SMILES string of the molecule is COc1cccc(C2COc3cc(O)ccc3C2c2ccc(N3CCC(CN4CCN(c5cc6c(cc5F)C(=O)N(C5CCC(=O)NC5=O)C6=O)CC4)CC3)c(F)c2)c1. The molecule has 0 aliphatic carbocycles. The number of carbonyl (C=O) groups is 4. The van der Waals surface area contributed by atoms with E-state index >= 15 is 8.78 Å². The van der Waals surface area contributed by atoms with Crippen molar-refractivity contribution in [2.24, 2.45) is 5.92 Å². The van der Waals surface area contributed by atoms with E-state index in [0.717, 1.165) is 65.9 Å². The molecule has 3 atom stereocenters. The quantitative estimate of drug-likeness (QED) is 0.223. The maximum atomic E-state index is 16.2. The zero-order valence-corrected chi connectivity index (χ0v) is 32.7. The van der Waals surface area contributed by atoms with E-state index in [0.29, 0.717) is 50.1 Å². The third kappa shape index (κ3) is 7.23. The van der Waals surface area contributed by atoms with Crippen LogP contribution in [0.5, 0.6) is 17.2 Å². The van der Waals surface area contributed by atoms with Crippen molar-refractivity contribution in [1.82, 2.24) is 15.1 Å². The number of hydrogen-bond acceptors (Lipinski definition) is 10. The Morgan fingerprint density at radius 1 is 0.780 bits per heavy atom. The van der Waals surface area contributed by atoms with Crippen LogP contribution in [0.15, 0.2) is 72.8 Å². The Bertz CT molecular complexity index is 2340. The Labute approximate surface area is 340 Å². The van der Waals surface area contributed by atoms with Crippen LogP contribution in [0, 0.1) is 17.6 Å². The van der Waals surface area contributed by atoms with Gasteiger partial charge < -0.3 is 24.4 Å². The second-order valence-electron chi connectivity index (χ2n) is 16.1. The summed E-state index contributed by atoms with van der Waals surface area (Å²) in [7, 11) is 1.63. The van der Waals surface area contributed by atoms with Crippen LogP contribution in [0.4, 0.5) is 20.2 Å². The summed E-state index contributed by atoms with van der Waals surface area (Å²) in [4.78, 5) is 57.8. The average molecular weight is 806 g/mol. The van der Waals surface area contributed by atoms with E-state index in [9.17, 15) is 24.3 Å². The number of halogens is 2. The lowest BCUT2D eigenvalue weighted by Crippen LogP contribution is -2.54. The molecule has 0 bridgehead atoms. The molecule has 14 heteroatoms. The van der Waals surface area contributed by atoms with Gasteiger partial charge in [0.1, 0.15) is 34.9 Å². The van der Waals surface area contributed by atoms with Crippen molar-refractivity contribution in [2.75, 3.05) is 69.3 Å². The molecule has 3 unspecified atom stereocenters. The molecule has 4 aromatic carbocycles. The van der Waals surface area contributed by atoms with E-state index < -0.39 is 35.5 Å². The van der Waals surface area contributed by atoms with Crippen molar-refractivity contribution in [3.63, 3.8) is 0 Å². The van der Waals surface area contributed by atoms with Crippen molar-refractivity contribution in [1.29, 1.82) is 0 Å². The zero-order valence-electron chi connectivity index (χ0n) is 32.7. The number of ether oxygens (including phenoxy) is 2. The molecule has 306 valence electrons. The average Bonchev–Trinajstić information content (AvgIpc) is 3.47. The molecule has 4 amide bonds. The van der Waals surface area contributed by atoms with Gasteiger partial charge in [-0.15, -0.1) is 0 Å². The van der Waals surface area contributed by atoms with Crippen LogP contribution in [-0.2, 0) is 9.59 Å². The van der Waals surface area contributed by atoms with E-state index in [4.69, 9.17) is 9.47 Å². The van der Waals surface area contributed by atoms with Gasteiger partial charge in [-0.25, -0.2) is 8.78 Å². The molecular formula is C45H45F2N5O7. The van der Waals surface area contributed by atoms with Crippen molar-refractivity contribution >= 4 is 35.0 Å². The number of methoxy groups -OCH3 is 1. The van der Waals surface area contributed by atoms with Gasteiger partial charge >= 0.3 is 0 Å². The summed E-state index contributed by atoms with van der Waals surface area (Å²) in [6.45, 7) is 5.10. The zero-order chi connectivity index (χ0) is 40.9. The highest BCUT2D eigenvalue weighted by Crippen LogP contribution is 2.48. The van der Waals surface area contributed by atoms with Crippen molar-refractivity contribution in [3.8, 4) is 17.2 Å². The molecule has 3 fully saturated rings. The molecule has 3 saturated heterocycles. The summed E-state index contributed by atoms with van der Waals surface area (Å²) in [5.74, 6) is -1.91.